The topological polar surface area (TPSA) is 78.4 Å². The second-order valence-electron chi connectivity index (χ2n) is 7.21. The quantitative estimate of drug-likeness (QED) is 0.358. The molecule has 0 aromatic heterocycles. The van der Waals surface area contributed by atoms with Gasteiger partial charge in [-0.05, 0) is 59.1 Å². The summed E-state index contributed by atoms with van der Waals surface area (Å²) in [7, 11) is 1.54. The maximum Gasteiger partial charge on any atom is 0.245 e. The van der Waals surface area contributed by atoms with Gasteiger partial charge in [-0.15, -0.1) is 0 Å². The van der Waals surface area contributed by atoms with Crippen molar-refractivity contribution in [3.05, 3.63) is 56.0 Å². The second kappa shape index (κ2) is 11.3. The van der Waals surface area contributed by atoms with E-state index in [2.05, 4.69) is 26.5 Å². The summed E-state index contributed by atoms with van der Waals surface area (Å²) < 4.78 is 23.1. The summed E-state index contributed by atoms with van der Waals surface area (Å²) in [5.74, 6) is -0.222. The third-order valence-electron chi connectivity index (χ3n) is 4.63. The van der Waals surface area contributed by atoms with Crippen LogP contribution in [0.25, 0.3) is 0 Å². The van der Waals surface area contributed by atoms with Crippen molar-refractivity contribution in [3.8, 4) is 11.5 Å². The Balaban J connectivity index is 1.63. The highest BCUT2D eigenvalue weighted by Crippen LogP contribution is 2.37. The van der Waals surface area contributed by atoms with Crippen LogP contribution in [0.15, 0.2) is 39.9 Å². The number of hydrogen-bond acceptors (Lipinski definition) is 6. The smallest absolute Gasteiger partial charge is 0.245 e. The van der Waals surface area contributed by atoms with Crippen molar-refractivity contribution in [1.82, 2.24) is 5.43 Å². The number of carbonyl (C=O) groups excluding carboxylic acids is 1. The van der Waals surface area contributed by atoms with Gasteiger partial charge in [0.2, 0.25) is 5.91 Å². The molecule has 0 unspecified atom stereocenters. The van der Waals surface area contributed by atoms with Crippen molar-refractivity contribution in [3.63, 3.8) is 0 Å². The van der Waals surface area contributed by atoms with Crippen molar-refractivity contribution in [2.24, 2.45) is 5.10 Å². The molecule has 0 atom stereocenters. The van der Waals surface area contributed by atoms with E-state index in [-0.39, 0.29) is 18.9 Å². The normalized spacial score (nSPS) is 15.5. The van der Waals surface area contributed by atoms with Gasteiger partial charge in [0.1, 0.15) is 6.61 Å². The van der Waals surface area contributed by atoms with E-state index in [1.165, 1.54) is 13.3 Å². The van der Waals surface area contributed by atoms with Crippen LogP contribution in [0.2, 0.25) is 10.0 Å². The minimum Gasteiger partial charge on any atom is -0.493 e. The van der Waals surface area contributed by atoms with Crippen molar-refractivity contribution in [2.75, 3.05) is 20.3 Å². The number of amides is 1. The highest BCUT2D eigenvalue weighted by atomic mass is 79.9. The van der Waals surface area contributed by atoms with E-state index in [1.54, 1.807) is 37.3 Å². The molecular formula is C22H23BrCl2N2O5. The third-order valence-corrected chi connectivity index (χ3v) is 5.80. The minimum atomic E-state index is -0.921. The van der Waals surface area contributed by atoms with Crippen molar-refractivity contribution in [1.29, 1.82) is 0 Å². The SMILES string of the molecule is COc1cc(C=NNC(=O)CC2(C)OCCCO2)cc(Br)c1OCc1ccc(Cl)cc1Cl. The molecule has 10 heteroatoms. The summed E-state index contributed by atoms with van der Waals surface area (Å²) in [6.07, 6.45) is 2.38. The minimum absolute atomic E-state index is 0.0530. The molecule has 1 heterocycles. The molecule has 2 aromatic rings. The number of hydrazone groups is 1. The van der Waals surface area contributed by atoms with Gasteiger partial charge < -0.3 is 18.9 Å². The summed E-state index contributed by atoms with van der Waals surface area (Å²) in [5, 5.41) is 5.09. The number of ether oxygens (including phenoxy) is 4. The molecule has 1 aliphatic heterocycles. The largest absolute Gasteiger partial charge is 0.493 e. The lowest BCUT2D eigenvalue weighted by molar-refractivity contribution is -0.256. The Kier molecular flexibility index (Phi) is 8.79. The van der Waals surface area contributed by atoms with E-state index in [4.69, 9.17) is 42.1 Å². The molecule has 0 saturated carbocycles. The zero-order valence-electron chi connectivity index (χ0n) is 17.6. The van der Waals surface area contributed by atoms with Crippen molar-refractivity contribution >= 4 is 51.3 Å². The molecule has 1 saturated heterocycles. The van der Waals surface area contributed by atoms with Gasteiger partial charge in [-0.25, -0.2) is 5.43 Å². The average Bonchev–Trinajstić information content (AvgIpc) is 2.74. The van der Waals surface area contributed by atoms with Crippen molar-refractivity contribution < 1.29 is 23.7 Å². The van der Waals surface area contributed by atoms with Crippen LogP contribution in [-0.2, 0) is 20.9 Å². The maximum absolute atomic E-state index is 12.2. The number of benzene rings is 2. The Labute approximate surface area is 205 Å². The van der Waals surface area contributed by atoms with Crippen LogP contribution in [0, 0.1) is 0 Å². The predicted octanol–water partition coefficient (Wildman–Crippen LogP) is 5.34. The summed E-state index contributed by atoms with van der Waals surface area (Å²) in [6.45, 7) is 3.11. The molecule has 2 aromatic carbocycles. The first-order valence-corrected chi connectivity index (χ1v) is 11.4. The monoisotopic (exact) mass is 544 g/mol. The molecule has 32 heavy (non-hydrogen) atoms. The first-order valence-electron chi connectivity index (χ1n) is 9.84. The van der Waals surface area contributed by atoms with Gasteiger partial charge in [-0.1, -0.05) is 29.3 Å². The number of methoxy groups -OCH3 is 1. The molecule has 3 rings (SSSR count). The maximum atomic E-state index is 12.2. The number of nitrogens with zero attached hydrogens (tertiary/aromatic N) is 1. The summed E-state index contributed by atoms with van der Waals surface area (Å²) in [5.41, 5.74) is 3.98. The fourth-order valence-corrected chi connectivity index (χ4v) is 4.07. The van der Waals surface area contributed by atoms with Crippen LogP contribution in [-0.4, -0.2) is 38.2 Å². The molecule has 0 radical (unpaired) electrons. The van der Waals surface area contributed by atoms with E-state index in [0.29, 0.717) is 44.8 Å². The van der Waals surface area contributed by atoms with Crippen LogP contribution >= 0.6 is 39.1 Å². The lowest BCUT2D eigenvalue weighted by Crippen LogP contribution is -2.41. The molecule has 7 nitrogen and oxygen atoms in total. The molecule has 1 N–H and O–H groups in total. The number of carbonyl (C=O) groups is 1. The van der Waals surface area contributed by atoms with Crippen LogP contribution < -0.4 is 14.9 Å². The zero-order chi connectivity index (χ0) is 23.1. The molecule has 1 aliphatic rings. The van der Waals surface area contributed by atoms with Crippen LogP contribution in [0.1, 0.15) is 30.9 Å². The summed E-state index contributed by atoms with van der Waals surface area (Å²) >= 11 is 15.6. The van der Waals surface area contributed by atoms with Gasteiger partial charge in [0, 0.05) is 15.6 Å². The Bertz CT molecular complexity index is 997. The van der Waals surface area contributed by atoms with E-state index < -0.39 is 5.79 Å². The van der Waals surface area contributed by atoms with Gasteiger partial charge >= 0.3 is 0 Å². The molecule has 0 aliphatic carbocycles. The zero-order valence-corrected chi connectivity index (χ0v) is 20.7. The van der Waals surface area contributed by atoms with Gasteiger partial charge in [-0.3, -0.25) is 4.79 Å². The lowest BCUT2D eigenvalue weighted by atomic mass is 10.2. The number of hydrogen-bond donors (Lipinski definition) is 1. The number of nitrogens with one attached hydrogen (secondary N) is 1. The van der Waals surface area contributed by atoms with Crippen LogP contribution in [0.5, 0.6) is 11.5 Å². The molecule has 0 bridgehead atoms. The summed E-state index contributed by atoms with van der Waals surface area (Å²) in [4.78, 5) is 12.2. The van der Waals surface area contributed by atoms with Gasteiger partial charge in [-0.2, -0.15) is 5.10 Å². The van der Waals surface area contributed by atoms with Gasteiger partial charge in [0.05, 0.1) is 37.4 Å². The Morgan fingerprint density at radius 2 is 2.03 bits per heavy atom. The van der Waals surface area contributed by atoms with Gasteiger partial charge in [0.25, 0.3) is 0 Å². The van der Waals surface area contributed by atoms with E-state index in [1.807, 2.05) is 0 Å². The fourth-order valence-electron chi connectivity index (χ4n) is 3.03. The number of halogens is 3. The van der Waals surface area contributed by atoms with E-state index >= 15 is 0 Å². The summed E-state index contributed by atoms with van der Waals surface area (Å²) in [6, 6.07) is 8.76. The third kappa shape index (κ3) is 6.83. The molecule has 1 amide bonds. The average molecular weight is 546 g/mol. The Morgan fingerprint density at radius 3 is 2.72 bits per heavy atom. The highest BCUT2D eigenvalue weighted by molar-refractivity contribution is 9.10. The first kappa shape index (κ1) is 24.8. The molecule has 172 valence electrons. The fraction of sp³-hybridized carbons (Fsp3) is 0.364. The second-order valence-corrected chi connectivity index (χ2v) is 8.91. The Hall–Kier alpha value is -1.84. The van der Waals surface area contributed by atoms with Crippen molar-refractivity contribution in [2.45, 2.75) is 32.2 Å². The standard InChI is InChI=1S/C22H23BrCl2N2O5/c1-22(31-6-3-7-32-22)11-20(28)27-26-12-14-8-17(23)21(19(9-14)29-2)30-13-15-4-5-16(24)10-18(15)25/h4-5,8-10,12H,3,6-7,11,13H2,1-2H3,(H,27,28). The van der Waals surface area contributed by atoms with Gasteiger partial charge in [0.15, 0.2) is 17.3 Å². The molecular weight excluding hydrogens is 523 g/mol. The molecule has 1 fully saturated rings. The predicted molar refractivity (Wildman–Crippen MR) is 127 cm³/mol. The van der Waals surface area contributed by atoms with Crippen LogP contribution in [0.4, 0.5) is 0 Å². The first-order chi connectivity index (χ1) is 15.3. The molecule has 0 spiro atoms. The van der Waals surface area contributed by atoms with E-state index in [9.17, 15) is 4.79 Å². The highest BCUT2D eigenvalue weighted by Gasteiger charge is 2.31. The van der Waals surface area contributed by atoms with Crippen LogP contribution in [0.3, 0.4) is 0 Å². The lowest BCUT2D eigenvalue weighted by Gasteiger charge is -2.33. The number of rotatable bonds is 8. The van der Waals surface area contributed by atoms with E-state index in [0.717, 1.165) is 12.0 Å². The Morgan fingerprint density at radius 1 is 1.28 bits per heavy atom.